The summed E-state index contributed by atoms with van der Waals surface area (Å²) in [4.78, 5) is 0. The lowest BCUT2D eigenvalue weighted by molar-refractivity contribution is 0.340. The predicted octanol–water partition coefficient (Wildman–Crippen LogP) is 3.70. The van der Waals surface area contributed by atoms with E-state index in [0.29, 0.717) is 6.61 Å². The minimum absolute atomic E-state index is 0.241. The van der Waals surface area contributed by atoms with Crippen LogP contribution in [0.25, 0.3) is 0 Å². The van der Waals surface area contributed by atoms with Gasteiger partial charge in [0.15, 0.2) is 0 Å². The molecule has 0 aliphatic rings. The second-order valence-corrected chi connectivity index (χ2v) is 4.24. The lowest BCUT2D eigenvalue weighted by atomic mass is 10.0. The molecule has 1 aromatic rings. The van der Waals surface area contributed by atoms with E-state index in [1.807, 2.05) is 19.1 Å². The van der Waals surface area contributed by atoms with Crippen LogP contribution in [0.15, 0.2) is 36.4 Å². The molecule has 0 bridgehead atoms. The van der Waals surface area contributed by atoms with Crippen LogP contribution in [0.4, 0.5) is 0 Å². The Labute approximate surface area is 105 Å². The molecule has 2 nitrogen and oxygen atoms in total. The maximum atomic E-state index is 5.44. The summed E-state index contributed by atoms with van der Waals surface area (Å²) >= 11 is 0. The number of ether oxygens (including phenoxy) is 1. The number of benzene rings is 1. The first-order valence-corrected chi connectivity index (χ1v) is 6.30. The summed E-state index contributed by atoms with van der Waals surface area (Å²) in [5.41, 5.74) is 2.39. The Balaban J connectivity index is 2.76. The summed E-state index contributed by atoms with van der Waals surface area (Å²) < 4.78 is 5.44. The molecule has 0 aromatic heterocycles. The van der Waals surface area contributed by atoms with E-state index in [9.17, 15) is 0 Å². The van der Waals surface area contributed by atoms with Crippen LogP contribution in [-0.4, -0.2) is 13.2 Å². The highest BCUT2D eigenvalue weighted by atomic mass is 16.5. The molecule has 2 heteroatoms. The van der Waals surface area contributed by atoms with Crippen molar-refractivity contribution >= 4 is 0 Å². The van der Waals surface area contributed by atoms with Gasteiger partial charge in [-0.05, 0) is 44.5 Å². The van der Waals surface area contributed by atoms with Crippen LogP contribution in [0, 0.1) is 0 Å². The first kappa shape index (κ1) is 13.8. The molecular weight excluding hydrogens is 210 g/mol. The third-order valence-electron chi connectivity index (χ3n) is 2.62. The average Bonchev–Trinajstić information content (AvgIpc) is 2.31. The predicted molar refractivity (Wildman–Crippen MR) is 73.5 cm³/mol. The lowest BCUT2D eigenvalue weighted by Gasteiger charge is -2.19. The van der Waals surface area contributed by atoms with Gasteiger partial charge >= 0.3 is 0 Å². The number of hydrogen-bond acceptors (Lipinski definition) is 2. The molecule has 0 saturated heterocycles. The van der Waals surface area contributed by atoms with E-state index >= 15 is 0 Å². The zero-order valence-corrected chi connectivity index (χ0v) is 11.1. The fraction of sp³-hybridized carbons (Fsp3) is 0.467. The second-order valence-electron chi connectivity index (χ2n) is 4.24. The van der Waals surface area contributed by atoms with Gasteiger partial charge in [-0.25, -0.2) is 0 Å². The number of hydrogen-bond donors (Lipinski definition) is 1. The van der Waals surface area contributed by atoms with Crippen molar-refractivity contribution in [3.8, 4) is 5.75 Å². The second kappa shape index (κ2) is 7.13. The van der Waals surface area contributed by atoms with Crippen molar-refractivity contribution in [2.45, 2.75) is 33.2 Å². The smallest absolute Gasteiger partial charge is 0.119 e. The Morgan fingerprint density at radius 3 is 2.41 bits per heavy atom. The fourth-order valence-corrected chi connectivity index (χ4v) is 1.79. The first-order valence-electron chi connectivity index (χ1n) is 6.30. The third kappa shape index (κ3) is 4.23. The molecule has 1 atom stereocenters. The van der Waals surface area contributed by atoms with E-state index in [1.165, 1.54) is 5.56 Å². The van der Waals surface area contributed by atoms with E-state index in [4.69, 9.17) is 4.74 Å². The molecule has 0 aliphatic heterocycles. The summed E-state index contributed by atoms with van der Waals surface area (Å²) in [5, 5.41) is 3.50. The monoisotopic (exact) mass is 233 g/mol. The van der Waals surface area contributed by atoms with Gasteiger partial charge in [-0.2, -0.15) is 0 Å². The highest BCUT2D eigenvalue weighted by Gasteiger charge is 2.10. The van der Waals surface area contributed by atoms with Crippen molar-refractivity contribution < 1.29 is 4.74 Å². The third-order valence-corrected chi connectivity index (χ3v) is 2.62. The molecule has 1 unspecified atom stereocenters. The van der Waals surface area contributed by atoms with Gasteiger partial charge in [0, 0.05) is 0 Å². The molecule has 0 radical (unpaired) electrons. The van der Waals surface area contributed by atoms with Gasteiger partial charge in [0.05, 0.1) is 12.6 Å². The molecular formula is C15H23NO. The van der Waals surface area contributed by atoms with E-state index < -0.39 is 0 Å². The van der Waals surface area contributed by atoms with Crippen LogP contribution in [0.5, 0.6) is 5.75 Å². The van der Waals surface area contributed by atoms with Crippen LogP contribution in [-0.2, 0) is 0 Å². The summed E-state index contributed by atoms with van der Waals surface area (Å²) in [6, 6.07) is 8.48. The molecule has 17 heavy (non-hydrogen) atoms. The average molecular weight is 233 g/mol. The largest absolute Gasteiger partial charge is 0.494 e. The zero-order valence-electron chi connectivity index (χ0n) is 11.1. The highest BCUT2D eigenvalue weighted by molar-refractivity contribution is 5.32. The molecule has 0 aliphatic carbocycles. The van der Waals surface area contributed by atoms with Crippen molar-refractivity contribution in [1.82, 2.24) is 5.32 Å². The van der Waals surface area contributed by atoms with E-state index in [0.717, 1.165) is 24.3 Å². The first-order chi connectivity index (χ1) is 8.19. The van der Waals surface area contributed by atoms with Crippen molar-refractivity contribution in [3.05, 3.63) is 42.0 Å². The van der Waals surface area contributed by atoms with Crippen molar-refractivity contribution in [3.63, 3.8) is 0 Å². The topological polar surface area (TPSA) is 21.3 Å². The standard InChI is InChI=1S/C15H23NO/c1-5-11-16-15(12(3)4)13-7-9-14(10-8-13)17-6-2/h7-10,15-16H,3,5-6,11H2,1-2,4H3. The van der Waals surface area contributed by atoms with E-state index in [2.05, 4.69) is 37.9 Å². The minimum atomic E-state index is 0.241. The minimum Gasteiger partial charge on any atom is -0.494 e. The number of rotatable bonds is 7. The van der Waals surface area contributed by atoms with Crippen molar-refractivity contribution in [2.75, 3.05) is 13.2 Å². The normalized spacial score (nSPS) is 12.2. The molecule has 1 N–H and O–H groups in total. The van der Waals surface area contributed by atoms with Gasteiger partial charge in [0.1, 0.15) is 5.75 Å². The quantitative estimate of drug-likeness (QED) is 0.725. The fourth-order valence-electron chi connectivity index (χ4n) is 1.79. The maximum absolute atomic E-state index is 5.44. The summed E-state index contributed by atoms with van der Waals surface area (Å²) in [5.74, 6) is 0.923. The van der Waals surface area contributed by atoms with Crippen LogP contribution in [0.3, 0.4) is 0 Å². The molecule has 0 spiro atoms. The Morgan fingerprint density at radius 1 is 1.29 bits per heavy atom. The Hall–Kier alpha value is -1.28. The Morgan fingerprint density at radius 2 is 1.94 bits per heavy atom. The van der Waals surface area contributed by atoms with Gasteiger partial charge < -0.3 is 10.1 Å². The zero-order chi connectivity index (χ0) is 12.7. The lowest BCUT2D eigenvalue weighted by Crippen LogP contribution is -2.22. The molecule has 0 amide bonds. The van der Waals surface area contributed by atoms with Gasteiger partial charge in [0.2, 0.25) is 0 Å². The molecule has 0 fully saturated rings. The van der Waals surface area contributed by atoms with Crippen LogP contribution >= 0.6 is 0 Å². The van der Waals surface area contributed by atoms with Crippen LogP contribution < -0.4 is 10.1 Å². The van der Waals surface area contributed by atoms with Crippen LogP contribution in [0.1, 0.15) is 38.8 Å². The van der Waals surface area contributed by atoms with E-state index in [1.54, 1.807) is 0 Å². The SMILES string of the molecule is C=C(C)C(NCCC)c1ccc(OCC)cc1. The molecule has 0 saturated carbocycles. The summed E-state index contributed by atoms with van der Waals surface area (Å²) in [6.07, 6.45) is 1.13. The maximum Gasteiger partial charge on any atom is 0.119 e. The molecule has 94 valence electrons. The van der Waals surface area contributed by atoms with Gasteiger partial charge in [0.25, 0.3) is 0 Å². The van der Waals surface area contributed by atoms with Gasteiger partial charge in [-0.15, -0.1) is 0 Å². The molecule has 0 heterocycles. The number of nitrogens with one attached hydrogen (secondary N) is 1. The highest BCUT2D eigenvalue weighted by Crippen LogP contribution is 2.22. The molecule has 1 aromatic carbocycles. The van der Waals surface area contributed by atoms with Gasteiger partial charge in [-0.1, -0.05) is 31.2 Å². The summed E-state index contributed by atoms with van der Waals surface area (Å²) in [6.45, 7) is 12.0. The van der Waals surface area contributed by atoms with Crippen LogP contribution in [0.2, 0.25) is 0 Å². The Kier molecular flexibility index (Phi) is 5.78. The summed E-state index contributed by atoms with van der Waals surface area (Å²) in [7, 11) is 0. The van der Waals surface area contributed by atoms with E-state index in [-0.39, 0.29) is 6.04 Å². The van der Waals surface area contributed by atoms with Crippen molar-refractivity contribution in [1.29, 1.82) is 0 Å². The Bertz CT molecular complexity index is 342. The van der Waals surface area contributed by atoms with Gasteiger partial charge in [-0.3, -0.25) is 0 Å². The molecule has 1 rings (SSSR count). The van der Waals surface area contributed by atoms with Crippen molar-refractivity contribution in [2.24, 2.45) is 0 Å².